The van der Waals surface area contributed by atoms with Gasteiger partial charge in [-0.05, 0) is 24.6 Å². The minimum Gasteiger partial charge on any atom is -0.385 e. The molecule has 114 valence electrons. The summed E-state index contributed by atoms with van der Waals surface area (Å²) in [7, 11) is -3.06. The number of benzene rings is 1. The first-order valence-electron chi connectivity index (χ1n) is 5.96. The lowest BCUT2D eigenvalue weighted by atomic mass is 10.2. The Labute approximate surface area is 121 Å². The van der Waals surface area contributed by atoms with Crippen molar-refractivity contribution >= 4 is 27.1 Å². The molecule has 0 heterocycles. The summed E-state index contributed by atoms with van der Waals surface area (Å²) in [6.07, 6.45) is -4.14. The van der Waals surface area contributed by atoms with E-state index in [2.05, 4.69) is 5.32 Å². The summed E-state index contributed by atoms with van der Waals surface area (Å²) in [5.41, 5.74) is -0.618. The third kappa shape index (κ3) is 5.58. The molecular formula is C12H15ClF3NO2S. The van der Waals surface area contributed by atoms with E-state index in [4.69, 9.17) is 11.6 Å². The summed E-state index contributed by atoms with van der Waals surface area (Å²) in [4.78, 5) is 0. The summed E-state index contributed by atoms with van der Waals surface area (Å²) >= 11 is 5.63. The molecule has 0 saturated heterocycles. The van der Waals surface area contributed by atoms with Gasteiger partial charge in [-0.25, -0.2) is 8.42 Å². The number of nitrogens with one attached hydrogen (secondary N) is 1. The molecule has 0 aliphatic carbocycles. The summed E-state index contributed by atoms with van der Waals surface area (Å²) < 4.78 is 60.2. The van der Waals surface area contributed by atoms with Crippen molar-refractivity contribution in [2.75, 3.05) is 23.4 Å². The largest absolute Gasteiger partial charge is 0.416 e. The number of rotatable bonds is 6. The van der Waals surface area contributed by atoms with E-state index in [1.807, 2.05) is 0 Å². The molecule has 3 nitrogen and oxygen atoms in total. The number of hydrogen-bond donors (Lipinski definition) is 1. The van der Waals surface area contributed by atoms with Crippen molar-refractivity contribution in [1.29, 1.82) is 0 Å². The van der Waals surface area contributed by atoms with Crippen LogP contribution in [-0.2, 0) is 16.0 Å². The van der Waals surface area contributed by atoms with Crippen molar-refractivity contribution in [3.05, 3.63) is 28.8 Å². The van der Waals surface area contributed by atoms with Crippen LogP contribution in [0.4, 0.5) is 18.9 Å². The maximum atomic E-state index is 12.6. The van der Waals surface area contributed by atoms with Gasteiger partial charge < -0.3 is 5.32 Å². The van der Waals surface area contributed by atoms with Crippen LogP contribution < -0.4 is 5.32 Å². The van der Waals surface area contributed by atoms with Crippen LogP contribution in [0.1, 0.15) is 18.9 Å². The molecule has 0 unspecified atom stereocenters. The van der Waals surface area contributed by atoms with Crippen LogP contribution in [-0.4, -0.2) is 26.5 Å². The molecule has 0 fully saturated rings. The molecule has 1 aromatic rings. The average molecular weight is 330 g/mol. The molecule has 0 radical (unpaired) electrons. The van der Waals surface area contributed by atoms with Crippen LogP contribution in [0.3, 0.4) is 0 Å². The van der Waals surface area contributed by atoms with E-state index in [1.54, 1.807) is 6.92 Å². The van der Waals surface area contributed by atoms with Gasteiger partial charge in [0, 0.05) is 23.0 Å². The van der Waals surface area contributed by atoms with Crippen molar-refractivity contribution in [3.8, 4) is 0 Å². The zero-order valence-electron chi connectivity index (χ0n) is 10.8. The lowest BCUT2D eigenvalue weighted by Gasteiger charge is -2.11. The summed E-state index contributed by atoms with van der Waals surface area (Å²) in [6.45, 7) is 1.81. The molecule has 1 aromatic carbocycles. The van der Waals surface area contributed by atoms with Crippen molar-refractivity contribution in [1.82, 2.24) is 0 Å². The van der Waals surface area contributed by atoms with Gasteiger partial charge in [-0.2, -0.15) is 13.2 Å². The smallest absolute Gasteiger partial charge is 0.385 e. The number of alkyl halides is 3. The van der Waals surface area contributed by atoms with Crippen molar-refractivity contribution in [2.45, 2.75) is 19.5 Å². The van der Waals surface area contributed by atoms with Gasteiger partial charge in [0.2, 0.25) is 0 Å². The van der Waals surface area contributed by atoms with Gasteiger partial charge in [-0.3, -0.25) is 0 Å². The Hall–Kier alpha value is -0.950. The Morgan fingerprint density at radius 2 is 1.90 bits per heavy atom. The molecule has 20 heavy (non-hydrogen) atoms. The van der Waals surface area contributed by atoms with E-state index >= 15 is 0 Å². The topological polar surface area (TPSA) is 46.2 Å². The van der Waals surface area contributed by atoms with Crippen molar-refractivity contribution < 1.29 is 21.6 Å². The van der Waals surface area contributed by atoms with Gasteiger partial charge >= 0.3 is 6.18 Å². The van der Waals surface area contributed by atoms with Gasteiger partial charge in [-0.1, -0.05) is 18.5 Å². The van der Waals surface area contributed by atoms with E-state index in [0.717, 1.165) is 12.1 Å². The summed E-state index contributed by atoms with van der Waals surface area (Å²) in [5, 5.41) is 2.72. The molecule has 0 bridgehead atoms. The van der Waals surface area contributed by atoms with Crippen LogP contribution in [0.25, 0.3) is 0 Å². The Balaban J connectivity index is 2.63. The highest BCUT2D eigenvalue weighted by atomic mass is 35.5. The van der Waals surface area contributed by atoms with Crippen LogP contribution in [0, 0.1) is 0 Å². The molecular weight excluding hydrogens is 315 g/mol. The fourth-order valence-electron chi connectivity index (χ4n) is 1.52. The molecule has 0 aliphatic heterocycles. The minimum atomic E-state index is -4.47. The Morgan fingerprint density at radius 3 is 2.45 bits per heavy atom. The molecule has 0 aromatic heterocycles. The quantitative estimate of drug-likeness (QED) is 0.811. The van der Waals surface area contributed by atoms with Crippen LogP contribution >= 0.6 is 11.6 Å². The fraction of sp³-hybridized carbons (Fsp3) is 0.500. The Bertz CT molecular complexity index is 558. The fourth-order valence-corrected chi connectivity index (χ4v) is 2.63. The minimum absolute atomic E-state index is 0.00317. The third-order valence-electron chi connectivity index (χ3n) is 2.63. The van der Waals surface area contributed by atoms with Gasteiger partial charge in [0.15, 0.2) is 0 Å². The average Bonchev–Trinajstić information content (AvgIpc) is 2.33. The van der Waals surface area contributed by atoms with E-state index in [9.17, 15) is 21.6 Å². The molecule has 0 spiro atoms. The lowest BCUT2D eigenvalue weighted by molar-refractivity contribution is -0.137. The molecule has 0 saturated carbocycles. The summed E-state index contributed by atoms with van der Waals surface area (Å²) in [6, 6.07) is 3.15. The summed E-state index contributed by atoms with van der Waals surface area (Å²) in [5.74, 6) is 0.0611. The van der Waals surface area contributed by atoms with Gasteiger partial charge in [0.1, 0.15) is 9.84 Å². The number of sulfone groups is 1. The molecule has 1 rings (SSSR count). The second-order valence-corrected chi connectivity index (χ2v) is 7.15. The first kappa shape index (κ1) is 17.1. The first-order chi connectivity index (χ1) is 9.14. The first-order valence-corrected chi connectivity index (χ1v) is 8.16. The van der Waals surface area contributed by atoms with E-state index < -0.39 is 21.6 Å². The van der Waals surface area contributed by atoms with Crippen molar-refractivity contribution in [2.24, 2.45) is 0 Å². The van der Waals surface area contributed by atoms with Crippen molar-refractivity contribution in [3.63, 3.8) is 0 Å². The van der Waals surface area contributed by atoms with E-state index in [1.165, 1.54) is 6.07 Å². The van der Waals surface area contributed by atoms with Crippen LogP contribution in [0.5, 0.6) is 0 Å². The SMILES string of the molecule is CCS(=O)(=O)CCCNc1cc(Cl)cc(C(F)(F)F)c1. The third-order valence-corrected chi connectivity index (χ3v) is 4.63. The molecule has 0 aliphatic rings. The predicted molar refractivity (Wildman–Crippen MR) is 73.9 cm³/mol. The van der Waals surface area contributed by atoms with Gasteiger partial charge in [0.25, 0.3) is 0 Å². The number of hydrogen-bond acceptors (Lipinski definition) is 3. The zero-order valence-corrected chi connectivity index (χ0v) is 12.4. The Morgan fingerprint density at radius 1 is 1.25 bits per heavy atom. The monoisotopic (exact) mass is 329 g/mol. The maximum absolute atomic E-state index is 12.6. The molecule has 8 heteroatoms. The van der Waals surface area contributed by atoms with E-state index in [-0.39, 0.29) is 28.8 Å². The normalized spacial score (nSPS) is 12.4. The van der Waals surface area contributed by atoms with Crippen LogP contribution in [0.15, 0.2) is 18.2 Å². The molecule has 0 amide bonds. The molecule has 0 atom stereocenters. The highest BCUT2D eigenvalue weighted by Crippen LogP contribution is 2.33. The van der Waals surface area contributed by atoms with Crippen LogP contribution in [0.2, 0.25) is 5.02 Å². The number of halogens is 4. The highest BCUT2D eigenvalue weighted by molar-refractivity contribution is 7.91. The lowest BCUT2D eigenvalue weighted by Crippen LogP contribution is -2.13. The maximum Gasteiger partial charge on any atom is 0.416 e. The predicted octanol–water partition coefficient (Wildman–Crippen LogP) is 3.60. The standard InChI is InChI=1S/C12H15ClF3NO2S/c1-2-20(18,19)5-3-4-17-11-7-9(12(14,15)16)6-10(13)8-11/h6-8,17H,2-5H2,1H3. The highest BCUT2D eigenvalue weighted by Gasteiger charge is 2.31. The van der Waals surface area contributed by atoms with Gasteiger partial charge in [0.05, 0.1) is 11.3 Å². The van der Waals surface area contributed by atoms with Gasteiger partial charge in [-0.15, -0.1) is 0 Å². The molecule has 1 N–H and O–H groups in total. The van der Waals surface area contributed by atoms with E-state index in [0.29, 0.717) is 6.42 Å². The number of anilines is 1. The second kappa shape index (κ2) is 6.67. The zero-order chi connectivity index (χ0) is 15.4. The second-order valence-electron chi connectivity index (χ2n) is 4.24. The Kier molecular flexibility index (Phi) is 5.70.